The lowest BCUT2D eigenvalue weighted by Gasteiger charge is -2.31. The second kappa shape index (κ2) is 5.65. The van der Waals surface area contributed by atoms with Gasteiger partial charge >= 0.3 is 0 Å². The molecule has 2 rings (SSSR count). The number of hydrogen-bond acceptors (Lipinski definition) is 6. The smallest absolute Gasteiger partial charge is 0.292 e. The third kappa shape index (κ3) is 2.81. The molecule has 0 bridgehead atoms. The van der Waals surface area contributed by atoms with Crippen LogP contribution in [0, 0.1) is 21.4 Å². The van der Waals surface area contributed by atoms with Crippen molar-refractivity contribution < 1.29 is 14.8 Å². The molecule has 19 heavy (non-hydrogen) atoms. The van der Waals surface area contributed by atoms with E-state index in [-0.39, 0.29) is 12.3 Å². The summed E-state index contributed by atoms with van der Waals surface area (Å²) in [6.07, 6.45) is -0.578. The van der Waals surface area contributed by atoms with Crippen molar-refractivity contribution in [2.24, 2.45) is 0 Å². The molecule has 0 saturated carbocycles. The van der Waals surface area contributed by atoms with Gasteiger partial charge in [0.05, 0.1) is 30.8 Å². The van der Waals surface area contributed by atoms with Gasteiger partial charge in [0.25, 0.3) is 5.69 Å². The molecular formula is C12H13N3O4. The number of benzene rings is 1. The fourth-order valence-corrected chi connectivity index (χ4v) is 2.03. The number of rotatable bonds is 3. The number of nitriles is 1. The van der Waals surface area contributed by atoms with Gasteiger partial charge in [0, 0.05) is 12.6 Å². The summed E-state index contributed by atoms with van der Waals surface area (Å²) in [7, 11) is 0. The molecule has 1 aliphatic heterocycles. The highest BCUT2D eigenvalue weighted by molar-refractivity contribution is 5.64. The molecule has 1 saturated heterocycles. The highest BCUT2D eigenvalue weighted by atomic mass is 16.6. The Labute approximate surface area is 109 Å². The quantitative estimate of drug-likeness (QED) is 0.640. The van der Waals surface area contributed by atoms with Gasteiger partial charge in [-0.3, -0.25) is 10.1 Å². The Morgan fingerprint density at radius 3 is 3.05 bits per heavy atom. The maximum Gasteiger partial charge on any atom is 0.292 e. The number of hydrogen-bond donors (Lipinski definition) is 1. The van der Waals surface area contributed by atoms with E-state index in [2.05, 4.69) is 0 Å². The number of morpholine rings is 1. The predicted octanol–water partition coefficient (Wildman–Crippen LogP) is 0.816. The van der Waals surface area contributed by atoms with E-state index in [9.17, 15) is 10.1 Å². The maximum atomic E-state index is 11.1. The zero-order valence-corrected chi connectivity index (χ0v) is 10.2. The van der Waals surface area contributed by atoms with Gasteiger partial charge in [0.15, 0.2) is 6.10 Å². The second-order valence-corrected chi connectivity index (χ2v) is 4.17. The molecule has 1 aromatic carbocycles. The van der Waals surface area contributed by atoms with E-state index in [4.69, 9.17) is 15.1 Å². The number of ether oxygens (including phenoxy) is 1. The number of aliphatic hydroxyl groups is 1. The molecule has 1 unspecified atom stereocenters. The summed E-state index contributed by atoms with van der Waals surface area (Å²) in [6, 6.07) is 6.59. The van der Waals surface area contributed by atoms with Crippen LogP contribution in [0.2, 0.25) is 0 Å². The number of nitro groups is 1. The average Bonchev–Trinajstić information content (AvgIpc) is 2.46. The molecule has 1 fully saturated rings. The monoisotopic (exact) mass is 263 g/mol. The lowest BCUT2D eigenvalue weighted by atomic mass is 10.1. The van der Waals surface area contributed by atoms with E-state index in [1.807, 2.05) is 6.07 Å². The van der Waals surface area contributed by atoms with Gasteiger partial charge in [0.1, 0.15) is 5.69 Å². The van der Waals surface area contributed by atoms with E-state index in [0.717, 1.165) is 0 Å². The van der Waals surface area contributed by atoms with E-state index < -0.39 is 11.0 Å². The highest BCUT2D eigenvalue weighted by Crippen LogP contribution is 2.30. The van der Waals surface area contributed by atoms with Gasteiger partial charge in [-0.25, -0.2) is 0 Å². The summed E-state index contributed by atoms with van der Waals surface area (Å²) >= 11 is 0. The minimum atomic E-state index is -0.578. The Kier molecular flexibility index (Phi) is 3.94. The molecule has 100 valence electrons. The SMILES string of the molecule is N#CC1CN(c2ccc(CO)cc2[N+](=O)[O-])CCO1. The number of aliphatic hydroxyl groups excluding tert-OH is 1. The summed E-state index contributed by atoms with van der Waals surface area (Å²) in [5, 5.41) is 29.0. The fourth-order valence-electron chi connectivity index (χ4n) is 2.03. The van der Waals surface area contributed by atoms with Gasteiger partial charge < -0.3 is 14.7 Å². The van der Waals surface area contributed by atoms with Crippen molar-refractivity contribution in [2.45, 2.75) is 12.7 Å². The third-order valence-corrected chi connectivity index (χ3v) is 2.97. The van der Waals surface area contributed by atoms with Crippen molar-refractivity contribution in [3.63, 3.8) is 0 Å². The van der Waals surface area contributed by atoms with E-state index in [1.54, 1.807) is 17.0 Å². The first kappa shape index (κ1) is 13.3. The molecule has 1 N–H and O–H groups in total. The van der Waals surface area contributed by atoms with Gasteiger partial charge in [0.2, 0.25) is 0 Å². The van der Waals surface area contributed by atoms with Crippen LogP contribution in [-0.4, -0.2) is 35.8 Å². The van der Waals surface area contributed by atoms with Crippen molar-refractivity contribution in [1.82, 2.24) is 0 Å². The van der Waals surface area contributed by atoms with Crippen LogP contribution in [0.3, 0.4) is 0 Å². The second-order valence-electron chi connectivity index (χ2n) is 4.17. The molecular weight excluding hydrogens is 250 g/mol. The Hall–Kier alpha value is -2.17. The maximum absolute atomic E-state index is 11.1. The van der Waals surface area contributed by atoms with Crippen LogP contribution < -0.4 is 4.90 Å². The van der Waals surface area contributed by atoms with Crippen molar-refractivity contribution in [2.75, 3.05) is 24.6 Å². The van der Waals surface area contributed by atoms with Crippen molar-refractivity contribution in [3.8, 4) is 6.07 Å². The zero-order chi connectivity index (χ0) is 13.8. The molecule has 1 aliphatic rings. The Morgan fingerprint density at radius 2 is 2.42 bits per heavy atom. The van der Waals surface area contributed by atoms with E-state index in [0.29, 0.717) is 30.9 Å². The van der Waals surface area contributed by atoms with Crippen molar-refractivity contribution >= 4 is 11.4 Å². The molecule has 0 amide bonds. The molecule has 1 aromatic rings. The minimum Gasteiger partial charge on any atom is -0.392 e. The van der Waals surface area contributed by atoms with Crippen LogP contribution in [0.4, 0.5) is 11.4 Å². The van der Waals surface area contributed by atoms with Crippen LogP contribution >= 0.6 is 0 Å². The lowest BCUT2D eigenvalue weighted by Crippen LogP contribution is -2.42. The van der Waals surface area contributed by atoms with Gasteiger partial charge in [-0.1, -0.05) is 6.07 Å². The van der Waals surface area contributed by atoms with Crippen molar-refractivity contribution in [3.05, 3.63) is 33.9 Å². The van der Waals surface area contributed by atoms with E-state index >= 15 is 0 Å². The largest absolute Gasteiger partial charge is 0.392 e. The molecule has 0 aromatic heterocycles. The van der Waals surface area contributed by atoms with Crippen molar-refractivity contribution in [1.29, 1.82) is 5.26 Å². The Bertz CT molecular complexity index is 526. The molecule has 0 radical (unpaired) electrons. The number of nitro benzene ring substituents is 1. The molecule has 0 aliphatic carbocycles. The van der Waals surface area contributed by atoms with Gasteiger partial charge in [-0.15, -0.1) is 0 Å². The zero-order valence-electron chi connectivity index (χ0n) is 10.2. The topological polar surface area (TPSA) is 99.6 Å². The summed E-state index contributed by atoms with van der Waals surface area (Å²) in [5.41, 5.74) is 0.872. The first-order valence-electron chi connectivity index (χ1n) is 5.80. The Morgan fingerprint density at radius 1 is 1.63 bits per heavy atom. The summed E-state index contributed by atoms with van der Waals surface area (Å²) in [4.78, 5) is 12.4. The van der Waals surface area contributed by atoms with Crippen LogP contribution in [0.15, 0.2) is 18.2 Å². The van der Waals surface area contributed by atoms with Gasteiger partial charge in [-0.05, 0) is 11.6 Å². The molecule has 1 heterocycles. The lowest BCUT2D eigenvalue weighted by molar-refractivity contribution is -0.384. The predicted molar refractivity (Wildman–Crippen MR) is 66.6 cm³/mol. The summed E-state index contributed by atoms with van der Waals surface area (Å²) < 4.78 is 5.21. The Balaban J connectivity index is 2.33. The van der Waals surface area contributed by atoms with Crippen LogP contribution in [0.1, 0.15) is 5.56 Å². The first-order chi connectivity index (χ1) is 9.15. The number of anilines is 1. The summed E-state index contributed by atoms with van der Waals surface area (Å²) in [5.74, 6) is 0. The molecule has 7 nitrogen and oxygen atoms in total. The van der Waals surface area contributed by atoms with Gasteiger partial charge in [-0.2, -0.15) is 5.26 Å². The van der Waals surface area contributed by atoms with Crippen LogP contribution in [-0.2, 0) is 11.3 Å². The minimum absolute atomic E-state index is 0.0647. The van der Waals surface area contributed by atoms with E-state index in [1.165, 1.54) is 6.07 Å². The molecule has 7 heteroatoms. The van der Waals surface area contributed by atoms with Crippen LogP contribution in [0.25, 0.3) is 0 Å². The van der Waals surface area contributed by atoms with Crippen LogP contribution in [0.5, 0.6) is 0 Å². The normalized spacial score (nSPS) is 18.9. The first-order valence-corrected chi connectivity index (χ1v) is 5.80. The standard InChI is InChI=1S/C12H13N3O4/c13-6-10-7-14(3-4-19-10)11-2-1-9(8-16)5-12(11)15(17)18/h1-2,5,10,16H,3-4,7-8H2. The summed E-state index contributed by atoms with van der Waals surface area (Å²) in [6.45, 7) is 0.912. The molecule has 1 atom stereocenters. The number of nitrogens with zero attached hydrogens (tertiary/aromatic N) is 3. The average molecular weight is 263 g/mol. The fraction of sp³-hybridized carbons (Fsp3) is 0.417. The highest BCUT2D eigenvalue weighted by Gasteiger charge is 2.26. The molecule has 0 spiro atoms. The third-order valence-electron chi connectivity index (χ3n) is 2.97.